The van der Waals surface area contributed by atoms with Crippen LogP contribution in [0.3, 0.4) is 0 Å². The Morgan fingerprint density at radius 2 is 1.74 bits per heavy atom. The Bertz CT molecular complexity index is 1810. The van der Waals surface area contributed by atoms with Gasteiger partial charge in [0.1, 0.15) is 10.0 Å². The third-order valence-electron chi connectivity index (χ3n) is 7.77. The summed E-state index contributed by atoms with van der Waals surface area (Å²) < 4.78 is 28.4. The molecule has 222 valence electrons. The molecule has 1 aliphatic rings. The van der Waals surface area contributed by atoms with E-state index in [9.17, 15) is 13.2 Å². The van der Waals surface area contributed by atoms with Crippen LogP contribution in [0, 0.1) is 0 Å². The van der Waals surface area contributed by atoms with Crippen molar-refractivity contribution in [1.82, 2.24) is 14.2 Å². The number of sulfonamides is 1. The molecule has 3 aromatic carbocycles. The molecular weight excluding hydrogens is 597 g/mol. The fourth-order valence-electron chi connectivity index (χ4n) is 5.36. The van der Waals surface area contributed by atoms with Crippen LogP contribution in [-0.2, 0) is 29.5 Å². The van der Waals surface area contributed by atoms with Gasteiger partial charge in [-0.3, -0.25) is 9.69 Å². The van der Waals surface area contributed by atoms with Crippen molar-refractivity contribution in [1.29, 1.82) is 0 Å². The minimum atomic E-state index is -3.61. The van der Waals surface area contributed by atoms with E-state index >= 15 is 0 Å². The normalized spacial score (nSPS) is 13.8. The van der Waals surface area contributed by atoms with Gasteiger partial charge in [0.05, 0.1) is 15.1 Å². The monoisotopic (exact) mass is 630 g/mol. The molecule has 0 saturated carbocycles. The maximum Gasteiger partial charge on any atom is 0.256 e. The van der Waals surface area contributed by atoms with E-state index in [-0.39, 0.29) is 10.8 Å². The number of thiazole rings is 1. The molecule has 0 fully saturated rings. The van der Waals surface area contributed by atoms with Gasteiger partial charge in [0.15, 0.2) is 0 Å². The van der Waals surface area contributed by atoms with Gasteiger partial charge in [-0.1, -0.05) is 55.8 Å². The van der Waals surface area contributed by atoms with Crippen molar-refractivity contribution in [2.45, 2.75) is 44.2 Å². The van der Waals surface area contributed by atoms with E-state index in [0.717, 1.165) is 64.7 Å². The first-order valence-corrected chi connectivity index (χ1v) is 17.6. The first-order valence-electron chi connectivity index (χ1n) is 14.5. The smallest absolute Gasteiger partial charge is 0.256 e. The molecule has 0 aliphatic carbocycles. The van der Waals surface area contributed by atoms with Crippen LogP contribution in [0.2, 0.25) is 0 Å². The number of thiophene rings is 1. The lowest BCUT2D eigenvalue weighted by Gasteiger charge is -2.27. The van der Waals surface area contributed by atoms with Crippen LogP contribution in [0.1, 0.15) is 46.1 Å². The summed E-state index contributed by atoms with van der Waals surface area (Å²) in [5.74, 6) is -0.273. The van der Waals surface area contributed by atoms with Crippen molar-refractivity contribution in [2.75, 3.05) is 25.5 Å². The minimum Gasteiger partial charge on any atom is -0.313 e. The third kappa shape index (κ3) is 6.30. The highest BCUT2D eigenvalue weighted by Crippen LogP contribution is 2.46. The van der Waals surface area contributed by atoms with Gasteiger partial charge >= 0.3 is 0 Å². The molecule has 0 saturated heterocycles. The quantitative estimate of drug-likeness (QED) is 0.176. The summed E-state index contributed by atoms with van der Waals surface area (Å²) in [5.41, 5.74) is 4.89. The van der Waals surface area contributed by atoms with Crippen molar-refractivity contribution < 1.29 is 13.2 Å². The maximum atomic E-state index is 13.5. The van der Waals surface area contributed by atoms with Crippen molar-refractivity contribution in [3.8, 4) is 10.6 Å². The van der Waals surface area contributed by atoms with E-state index in [1.807, 2.05) is 31.2 Å². The van der Waals surface area contributed by atoms with Gasteiger partial charge in [0, 0.05) is 49.2 Å². The number of nitrogens with one attached hydrogen (secondary N) is 1. The third-order valence-corrected chi connectivity index (χ3v) is 11.8. The molecule has 0 radical (unpaired) electrons. The number of unbranched alkanes of at least 4 members (excludes halogenated alkanes) is 1. The summed E-state index contributed by atoms with van der Waals surface area (Å²) in [5, 5.41) is 4.86. The van der Waals surface area contributed by atoms with Crippen LogP contribution >= 0.6 is 22.7 Å². The number of para-hydroxylation sites is 1. The van der Waals surface area contributed by atoms with Gasteiger partial charge in [-0.25, -0.2) is 17.7 Å². The minimum absolute atomic E-state index is 0.183. The Labute approximate surface area is 260 Å². The summed E-state index contributed by atoms with van der Waals surface area (Å²) in [6.07, 6.45) is 2.58. The van der Waals surface area contributed by atoms with E-state index in [1.165, 1.54) is 32.4 Å². The lowest BCUT2D eigenvalue weighted by atomic mass is 10.0. The van der Waals surface area contributed by atoms with Crippen LogP contribution < -0.4 is 5.32 Å². The first kappa shape index (κ1) is 29.7. The highest BCUT2D eigenvalue weighted by molar-refractivity contribution is 7.89. The van der Waals surface area contributed by atoms with Crippen molar-refractivity contribution in [3.63, 3.8) is 0 Å². The second-order valence-corrected chi connectivity index (χ2v) is 15.0. The fraction of sp³-hybridized carbons (Fsp3) is 0.273. The van der Waals surface area contributed by atoms with Crippen molar-refractivity contribution >= 4 is 53.8 Å². The maximum absolute atomic E-state index is 13.5. The SMILES string of the molecule is CCCCN(C)S(=O)(=O)c1ccc(C(=O)Nc2sc3c(c2-c2nc4ccccc4s2)CCN(Cc2ccccc2)C3)cc1. The summed E-state index contributed by atoms with van der Waals surface area (Å²) in [6.45, 7) is 5.09. The Morgan fingerprint density at radius 1 is 1.00 bits per heavy atom. The number of hydrogen-bond acceptors (Lipinski definition) is 7. The van der Waals surface area contributed by atoms with E-state index in [4.69, 9.17) is 4.98 Å². The predicted octanol–water partition coefficient (Wildman–Crippen LogP) is 7.26. The second-order valence-electron chi connectivity index (χ2n) is 10.8. The molecule has 1 aliphatic heterocycles. The molecule has 3 heterocycles. The molecule has 0 spiro atoms. The zero-order valence-electron chi connectivity index (χ0n) is 24.2. The second kappa shape index (κ2) is 12.7. The molecule has 1 N–H and O–H groups in total. The zero-order valence-corrected chi connectivity index (χ0v) is 26.7. The van der Waals surface area contributed by atoms with E-state index < -0.39 is 10.0 Å². The predicted molar refractivity (Wildman–Crippen MR) is 176 cm³/mol. The summed E-state index contributed by atoms with van der Waals surface area (Å²) >= 11 is 3.25. The molecule has 2 aromatic heterocycles. The largest absolute Gasteiger partial charge is 0.313 e. The Balaban J connectivity index is 1.28. The molecule has 43 heavy (non-hydrogen) atoms. The summed E-state index contributed by atoms with van der Waals surface area (Å²) in [4.78, 5) is 22.4. The number of amides is 1. The van der Waals surface area contributed by atoms with E-state index in [0.29, 0.717) is 12.1 Å². The molecule has 6 rings (SSSR count). The molecule has 0 unspecified atom stereocenters. The van der Waals surface area contributed by atoms with E-state index in [1.54, 1.807) is 41.9 Å². The number of benzene rings is 3. The van der Waals surface area contributed by atoms with Crippen LogP contribution in [-0.4, -0.2) is 48.7 Å². The highest BCUT2D eigenvalue weighted by atomic mass is 32.2. The average Bonchev–Trinajstić information content (AvgIpc) is 3.60. The number of nitrogens with zero attached hydrogens (tertiary/aromatic N) is 3. The van der Waals surface area contributed by atoms with Gasteiger partial charge in [-0.15, -0.1) is 22.7 Å². The standard InChI is InChI=1S/C33H34N4O3S3/c1-3-4-19-36(2)43(39,40)25-16-14-24(15-17-25)31(38)35-33-30(32-34-27-12-8-9-13-28(27)41-32)26-18-20-37(22-29(26)42-33)21-23-10-6-5-7-11-23/h5-17H,3-4,18-22H2,1-2H3,(H,35,38). The van der Waals surface area contributed by atoms with Gasteiger partial charge in [-0.05, 0) is 60.4 Å². The van der Waals surface area contributed by atoms with Crippen LogP contribution in [0.4, 0.5) is 5.00 Å². The molecule has 7 nitrogen and oxygen atoms in total. The molecule has 10 heteroatoms. The molecular formula is C33H34N4O3S3. The Morgan fingerprint density at radius 3 is 2.49 bits per heavy atom. The number of fused-ring (bicyclic) bond motifs is 2. The zero-order chi connectivity index (χ0) is 30.0. The van der Waals surface area contributed by atoms with Crippen LogP contribution in [0.15, 0.2) is 83.8 Å². The number of anilines is 1. The lowest BCUT2D eigenvalue weighted by Crippen LogP contribution is -2.29. The van der Waals surface area contributed by atoms with Crippen molar-refractivity contribution in [2.24, 2.45) is 0 Å². The number of carbonyl (C=O) groups is 1. The summed E-state index contributed by atoms with van der Waals surface area (Å²) in [7, 11) is -2.01. The van der Waals surface area contributed by atoms with Crippen LogP contribution in [0.25, 0.3) is 20.8 Å². The summed E-state index contributed by atoms with van der Waals surface area (Å²) in [6, 6.07) is 24.8. The molecule has 0 atom stereocenters. The molecule has 5 aromatic rings. The van der Waals surface area contributed by atoms with Crippen LogP contribution in [0.5, 0.6) is 0 Å². The molecule has 1 amide bonds. The van der Waals surface area contributed by atoms with Gasteiger partial charge in [0.2, 0.25) is 10.0 Å². The van der Waals surface area contributed by atoms with E-state index in [2.05, 4.69) is 40.5 Å². The Kier molecular flexibility index (Phi) is 8.74. The fourth-order valence-corrected chi connectivity index (χ4v) is 8.97. The lowest BCUT2D eigenvalue weighted by molar-refractivity contribution is 0.102. The first-order chi connectivity index (χ1) is 20.8. The molecule has 0 bridgehead atoms. The number of aromatic nitrogens is 1. The van der Waals surface area contributed by atoms with Gasteiger partial charge in [-0.2, -0.15) is 0 Å². The van der Waals surface area contributed by atoms with Gasteiger partial charge < -0.3 is 5.32 Å². The number of carbonyl (C=O) groups excluding carboxylic acids is 1. The number of hydrogen-bond donors (Lipinski definition) is 1. The average molecular weight is 631 g/mol. The topological polar surface area (TPSA) is 82.6 Å². The van der Waals surface area contributed by atoms with Crippen molar-refractivity contribution in [3.05, 3.63) is 100 Å². The number of rotatable bonds is 10. The highest BCUT2D eigenvalue weighted by Gasteiger charge is 2.28. The Hall–Kier alpha value is -3.41. The van der Waals surface area contributed by atoms with Gasteiger partial charge in [0.25, 0.3) is 5.91 Å².